The van der Waals surface area contributed by atoms with Crippen LogP contribution in [0, 0.1) is 13.8 Å². The van der Waals surface area contributed by atoms with Gasteiger partial charge >= 0.3 is 0 Å². The summed E-state index contributed by atoms with van der Waals surface area (Å²) in [5.41, 5.74) is 4.05. The molecule has 2 nitrogen and oxygen atoms in total. The monoisotopic (exact) mass is 261 g/mol. The van der Waals surface area contributed by atoms with E-state index in [-0.39, 0.29) is 0 Å². The smallest absolute Gasteiger partial charge is 0.0594 e. The summed E-state index contributed by atoms with van der Waals surface area (Å²) in [7, 11) is 0. The van der Waals surface area contributed by atoms with Gasteiger partial charge in [0, 0.05) is 12.6 Å². The normalized spacial score (nSPS) is 17.8. The lowest BCUT2D eigenvalue weighted by atomic mass is 10.0. The maximum absolute atomic E-state index is 5.87. The molecule has 0 saturated heterocycles. The highest BCUT2D eigenvalue weighted by Gasteiger charge is 2.14. The first-order chi connectivity index (χ1) is 9.15. The summed E-state index contributed by atoms with van der Waals surface area (Å²) in [6.45, 7) is 8.31. The third kappa shape index (κ3) is 4.63. The highest BCUT2D eigenvalue weighted by atomic mass is 16.5. The van der Waals surface area contributed by atoms with Crippen LogP contribution in [0.3, 0.4) is 0 Å². The Kier molecular flexibility index (Phi) is 5.41. The Morgan fingerprint density at radius 1 is 1.16 bits per heavy atom. The molecule has 1 aliphatic carbocycles. The van der Waals surface area contributed by atoms with Gasteiger partial charge in [0.05, 0.1) is 12.7 Å². The molecule has 1 unspecified atom stereocenters. The largest absolute Gasteiger partial charge is 0.377 e. The molecule has 0 radical (unpaired) electrons. The van der Waals surface area contributed by atoms with E-state index in [1.807, 2.05) is 0 Å². The number of ether oxygens (including phenoxy) is 1. The third-order valence-corrected chi connectivity index (χ3v) is 3.95. The van der Waals surface area contributed by atoms with E-state index in [1.54, 1.807) is 0 Å². The van der Waals surface area contributed by atoms with Crippen molar-refractivity contribution in [2.45, 2.75) is 58.6 Å². The van der Waals surface area contributed by atoms with E-state index in [1.165, 1.54) is 42.4 Å². The van der Waals surface area contributed by atoms with E-state index < -0.39 is 0 Å². The minimum Gasteiger partial charge on any atom is -0.377 e. The van der Waals surface area contributed by atoms with Crippen molar-refractivity contribution < 1.29 is 4.74 Å². The summed E-state index contributed by atoms with van der Waals surface area (Å²) in [5.74, 6) is 0. The molecule has 19 heavy (non-hydrogen) atoms. The molecule has 1 fully saturated rings. The van der Waals surface area contributed by atoms with Crippen LogP contribution in [0.1, 0.15) is 55.3 Å². The first kappa shape index (κ1) is 14.5. The molecular weight excluding hydrogens is 234 g/mol. The fraction of sp³-hybridized carbons (Fsp3) is 0.647. The number of rotatable bonds is 6. The molecule has 0 amide bonds. The van der Waals surface area contributed by atoms with Crippen LogP contribution in [0.2, 0.25) is 0 Å². The maximum atomic E-state index is 5.87. The molecule has 1 N–H and O–H groups in total. The maximum Gasteiger partial charge on any atom is 0.0594 e. The van der Waals surface area contributed by atoms with Crippen LogP contribution in [0.5, 0.6) is 0 Å². The van der Waals surface area contributed by atoms with Crippen LogP contribution < -0.4 is 5.32 Å². The Morgan fingerprint density at radius 2 is 1.79 bits per heavy atom. The third-order valence-electron chi connectivity index (χ3n) is 3.95. The zero-order valence-electron chi connectivity index (χ0n) is 12.5. The zero-order chi connectivity index (χ0) is 13.7. The summed E-state index contributed by atoms with van der Waals surface area (Å²) < 4.78 is 5.87. The summed E-state index contributed by atoms with van der Waals surface area (Å²) in [6, 6.07) is 7.15. The van der Waals surface area contributed by atoms with Gasteiger partial charge in [-0.1, -0.05) is 42.2 Å². The summed E-state index contributed by atoms with van der Waals surface area (Å²) in [6.07, 6.45) is 5.73. The summed E-state index contributed by atoms with van der Waals surface area (Å²) in [4.78, 5) is 0. The number of hydrogen-bond acceptors (Lipinski definition) is 2. The van der Waals surface area contributed by atoms with Gasteiger partial charge in [0.1, 0.15) is 0 Å². The molecule has 0 aliphatic heterocycles. The van der Waals surface area contributed by atoms with Gasteiger partial charge < -0.3 is 10.1 Å². The molecule has 0 aromatic heterocycles. The number of aryl methyl sites for hydroxylation is 2. The van der Waals surface area contributed by atoms with Crippen LogP contribution in [-0.2, 0) is 4.74 Å². The van der Waals surface area contributed by atoms with Gasteiger partial charge in [0.25, 0.3) is 0 Å². The van der Waals surface area contributed by atoms with Gasteiger partial charge in [-0.25, -0.2) is 0 Å². The van der Waals surface area contributed by atoms with Crippen molar-refractivity contribution in [3.63, 3.8) is 0 Å². The fourth-order valence-electron chi connectivity index (χ4n) is 2.93. The Labute approximate surface area is 117 Å². The molecule has 106 valence electrons. The quantitative estimate of drug-likeness (QED) is 0.784. The predicted molar refractivity (Wildman–Crippen MR) is 80.5 cm³/mol. The summed E-state index contributed by atoms with van der Waals surface area (Å²) in [5, 5.41) is 3.55. The van der Waals surface area contributed by atoms with E-state index in [2.05, 4.69) is 44.3 Å². The van der Waals surface area contributed by atoms with Crippen molar-refractivity contribution in [2.24, 2.45) is 0 Å². The van der Waals surface area contributed by atoms with Crippen LogP contribution in [0.25, 0.3) is 0 Å². The molecule has 1 aromatic carbocycles. The van der Waals surface area contributed by atoms with Crippen molar-refractivity contribution in [3.8, 4) is 0 Å². The Balaban J connectivity index is 1.72. The van der Waals surface area contributed by atoms with Gasteiger partial charge in [-0.2, -0.15) is 0 Å². The lowest BCUT2D eigenvalue weighted by Crippen LogP contribution is -2.25. The number of hydrogen-bond donors (Lipinski definition) is 1. The Morgan fingerprint density at radius 3 is 2.42 bits per heavy atom. The van der Waals surface area contributed by atoms with Crippen molar-refractivity contribution in [3.05, 3.63) is 34.9 Å². The van der Waals surface area contributed by atoms with Crippen molar-refractivity contribution in [1.82, 2.24) is 5.32 Å². The minimum absolute atomic E-state index is 0.394. The second-order valence-corrected chi connectivity index (χ2v) is 5.87. The van der Waals surface area contributed by atoms with E-state index >= 15 is 0 Å². The van der Waals surface area contributed by atoms with Gasteiger partial charge in [-0.05, 0) is 39.2 Å². The fourth-order valence-corrected chi connectivity index (χ4v) is 2.93. The lowest BCUT2D eigenvalue weighted by molar-refractivity contribution is 0.0593. The van der Waals surface area contributed by atoms with Crippen LogP contribution in [0.15, 0.2) is 18.2 Å². The highest BCUT2D eigenvalue weighted by molar-refractivity contribution is 5.30. The van der Waals surface area contributed by atoms with Crippen molar-refractivity contribution >= 4 is 0 Å². The Hall–Kier alpha value is -0.860. The molecule has 0 bridgehead atoms. The predicted octanol–water partition coefficient (Wildman–Crippen LogP) is 3.91. The van der Waals surface area contributed by atoms with E-state index in [0.717, 1.165) is 13.2 Å². The molecule has 0 heterocycles. The van der Waals surface area contributed by atoms with Crippen LogP contribution in [-0.4, -0.2) is 19.3 Å². The topological polar surface area (TPSA) is 21.3 Å². The zero-order valence-corrected chi connectivity index (χ0v) is 12.5. The molecular formula is C17H27NO. The van der Waals surface area contributed by atoms with Crippen molar-refractivity contribution in [1.29, 1.82) is 0 Å². The lowest BCUT2D eigenvalue weighted by Gasteiger charge is -2.17. The first-order valence-corrected chi connectivity index (χ1v) is 7.58. The summed E-state index contributed by atoms with van der Waals surface area (Å²) >= 11 is 0. The first-order valence-electron chi connectivity index (χ1n) is 7.58. The van der Waals surface area contributed by atoms with Gasteiger partial charge in [-0.15, -0.1) is 0 Å². The number of benzene rings is 1. The van der Waals surface area contributed by atoms with Crippen molar-refractivity contribution in [2.75, 3.05) is 13.2 Å². The molecule has 1 saturated carbocycles. The Bertz CT molecular complexity index is 376. The molecule has 2 rings (SSSR count). The van der Waals surface area contributed by atoms with E-state index in [4.69, 9.17) is 4.74 Å². The minimum atomic E-state index is 0.394. The number of nitrogens with one attached hydrogen (secondary N) is 1. The second-order valence-electron chi connectivity index (χ2n) is 5.87. The molecule has 1 atom stereocenters. The van der Waals surface area contributed by atoms with Gasteiger partial charge in [-0.3, -0.25) is 0 Å². The van der Waals surface area contributed by atoms with Gasteiger partial charge in [0.15, 0.2) is 0 Å². The SMILES string of the molecule is Cc1cc(C)cc(C(C)NCCOC2CCCC2)c1. The highest BCUT2D eigenvalue weighted by Crippen LogP contribution is 2.20. The van der Waals surface area contributed by atoms with Crippen LogP contribution in [0.4, 0.5) is 0 Å². The molecule has 0 spiro atoms. The van der Waals surface area contributed by atoms with Crippen LogP contribution >= 0.6 is 0 Å². The molecule has 1 aliphatic rings. The standard InChI is InChI=1S/C17H27NO/c1-13-10-14(2)12-16(11-13)15(3)18-8-9-19-17-6-4-5-7-17/h10-12,15,17-18H,4-9H2,1-3H3. The molecule has 1 aromatic rings. The van der Waals surface area contributed by atoms with E-state index in [0.29, 0.717) is 12.1 Å². The average Bonchev–Trinajstić information content (AvgIpc) is 2.86. The molecule has 2 heteroatoms. The average molecular weight is 261 g/mol. The van der Waals surface area contributed by atoms with E-state index in [9.17, 15) is 0 Å². The van der Waals surface area contributed by atoms with Gasteiger partial charge in [0.2, 0.25) is 0 Å². The second kappa shape index (κ2) is 7.06.